The number of anilines is 1. The maximum absolute atomic E-state index is 12.8. The topological polar surface area (TPSA) is 71.5 Å². The van der Waals surface area contributed by atoms with Gasteiger partial charge in [0.25, 0.3) is 5.91 Å². The Kier molecular flexibility index (Phi) is 6.59. The van der Waals surface area contributed by atoms with E-state index in [-0.39, 0.29) is 24.8 Å². The van der Waals surface area contributed by atoms with Crippen LogP contribution in [0, 0.1) is 13.8 Å². The molecule has 1 N–H and O–H groups in total. The van der Waals surface area contributed by atoms with E-state index in [1.807, 2.05) is 38.1 Å². The van der Waals surface area contributed by atoms with Crippen molar-refractivity contribution in [2.75, 3.05) is 19.0 Å². The van der Waals surface area contributed by atoms with Crippen molar-refractivity contribution in [3.05, 3.63) is 58.0 Å². The van der Waals surface area contributed by atoms with E-state index in [1.54, 1.807) is 13.2 Å². The van der Waals surface area contributed by atoms with E-state index in [1.165, 1.54) is 28.0 Å². The summed E-state index contributed by atoms with van der Waals surface area (Å²) in [7, 11) is 1.61. The Bertz CT molecular complexity index is 1250. The van der Waals surface area contributed by atoms with Crippen molar-refractivity contribution in [3.8, 4) is 5.75 Å². The number of thiocarbonyl (C=S) groups is 1. The number of nitrogens with zero attached hydrogens (tertiary/aromatic N) is 2. The first-order chi connectivity index (χ1) is 15.3. The van der Waals surface area contributed by atoms with Crippen LogP contribution in [0.15, 0.2) is 41.3 Å². The molecule has 1 aliphatic heterocycles. The Balaban J connectivity index is 1.38. The monoisotopic (exact) mass is 483 g/mol. The van der Waals surface area contributed by atoms with Gasteiger partial charge in [0.15, 0.2) is 5.13 Å². The Labute approximate surface area is 199 Å². The van der Waals surface area contributed by atoms with Gasteiger partial charge in [-0.15, -0.1) is 0 Å². The van der Waals surface area contributed by atoms with Crippen LogP contribution in [0.1, 0.15) is 23.1 Å². The van der Waals surface area contributed by atoms with Crippen molar-refractivity contribution in [2.24, 2.45) is 0 Å². The number of aromatic nitrogens is 1. The van der Waals surface area contributed by atoms with E-state index in [9.17, 15) is 9.59 Å². The van der Waals surface area contributed by atoms with E-state index >= 15 is 0 Å². The van der Waals surface area contributed by atoms with Crippen LogP contribution in [-0.2, 0) is 9.59 Å². The number of carbonyl (C=O) groups is 2. The van der Waals surface area contributed by atoms with Crippen molar-refractivity contribution in [1.29, 1.82) is 0 Å². The molecule has 164 valence electrons. The summed E-state index contributed by atoms with van der Waals surface area (Å²) in [5.74, 6) is 0.362. The van der Waals surface area contributed by atoms with Gasteiger partial charge in [0.1, 0.15) is 10.1 Å². The SMILES string of the molecule is COc1ccc(/C=C2/SC(=S)N(CCC(=O)Nc3nc4c(C)cc(C)cc4s3)C2=O)cc1. The summed E-state index contributed by atoms with van der Waals surface area (Å²) in [4.78, 5) is 31.8. The van der Waals surface area contributed by atoms with Crippen LogP contribution in [0.3, 0.4) is 0 Å². The second kappa shape index (κ2) is 9.40. The van der Waals surface area contributed by atoms with Crippen LogP contribution in [0.25, 0.3) is 16.3 Å². The largest absolute Gasteiger partial charge is 0.497 e. The maximum Gasteiger partial charge on any atom is 0.266 e. The molecule has 0 saturated carbocycles. The molecule has 1 aromatic heterocycles. The average molecular weight is 484 g/mol. The number of amides is 2. The van der Waals surface area contributed by atoms with E-state index < -0.39 is 0 Å². The Morgan fingerprint density at radius 2 is 2.00 bits per heavy atom. The van der Waals surface area contributed by atoms with Gasteiger partial charge in [-0.2, -0.15) is 0 Å². The first-order valence-corrected chi connectivity index (χ1v) is 12.0. The number of hydrogen-bond acceptors (Lipinski definition) is 7. The van der Waals surface area contributed by atoms with Gasteiger partial charge >= 0.3 is 0 Å². The Morgan fingerprint density at radius 3 is 2.72 bits per heavy atom. The van der Waals surface area contributed by atoms with Gasteiger partial charge in [-0.25, -0.2) is 4.98 Å². The molecule has 6 nitrogen and oxygen atoms in total. The second-order valence-corrected chi connectivity index (χ2v) is 10.1. The molecule has 0 bridgehead atoms. The van der Waals surface area contributed by atoms with Gasteiger partial charge in [-0.1, -0.05) is 53.5 Å². The van der Waals surface area contributed by atoms with E-state index in [0.717, 1.165) is 32.7 Å². The van der Waals surface area contributed by atoms with Crippen LogP contribution < -0.4 is 10.1 Å². The van der Waals surface area contributed by atoms with Gasteiger partial charge in [-0.3, -0.25) is 14.5 Å². The molecule has 3 aromatic rings. The first kappa shape index (κ1) is 22.4. The lowest BCUT2D eigenvalue weighted by atomic mass is 10.1. The molecule has 0 atom stereocenters. The summed E-state index contributed by atoms with van der Waals surface area (Å²) in [6, 6.07) is 11.6. The third-order valence-electron chi connectivity index (χ3n) is 4.93. The molecule has 1 fully saturated rings. The third-order valence-corrected chi connectivity index (χ3v) is 7.22. The highest BCUT2D eigenvalue weighted by Gasteiger charge is 2.32. The Hall–Kier alpha value is -2.75. The van der Waals surface area contributed by atoms with Gasteiger partial charge < -0.3 is 10.1 Å². The first-order valence-electron chi connectivity index (χ1n) is 9.91. The molecule has 0 radical (unpaired) electrons. The molecule has 0 unspecified atom stereocenters. The number of thioether (sulfide) groups is 1. The third kappa shape index (κ3) is 4.85. The number of fused-ring (bicyclic) bond motifs is 1. The number of hydrogen-bond donors (Lipinski definition) is 1. The van der Waals surface area contributed by atoms with Crippen LogP contribution in [0.5, 0.6) is 5.75 Å². The van der Waals surface area contributed by atoms with Crippen LogP contribution in [0.2, 0.25) is 0 Å². The zero-order chi connectivity index (χ0) is 22.8. The van der Waals surface area contributed by atoms with E-state index in [2.05, 4.69) is 22.4 Å². The summed E-state index contributed by atoms with van der Waals surface area (Å²) >= 11 is 8.06. The number of thiazole rings is 1. The minimum absolute atomic E-state index is 0.135. The van der Waals surface area contributed by atoms with Gasteiger partial charge in [0.2, 0.25) is 5.91 Å². The lowest BCUT2D eigenvalue weighted by molar-refractivity contribution is -0.122. The number of methoxy groups -OCH3 is 1. The van der Waals surface area contributed by atoms with E-state index in [0.29, 0.717) is 14.4 Å². The number of ether oxygens (including phenoxy) is 1. The molecule has 1 aliphatic rings. The minimum atomic E-state index is -0.202. The van der Waals surface area contributed by atoms with Crippen molar-refractivity contribution in [3.63, 3.8) is 0 Å². The molecule has 2 heterocycles. The molecule has 9 heteroatoms. The zero-order valence-corrected chi connectivity index (χ0v) is 20.2. The van der Waals surface area contributed by atoms with Gasteiger partial charge in [-0.05, 0) is 54.8 Å². The van der Waals surface area contributed by atoms with Crippen LogP contribution >= 0.6 is 35.3 Å². The number of aryl methyl sites for hydroxylation is 2. The summed E-state index contributed by atoms with van der Waals surface area (Å²) < 4.78 is 6.65. The fourth-order valence-electron chi connectivity index (χ4n) is 3.36. The quantitative estimate of drug-likeness (QED) is 0.386. The van der Waals surface area contributed by atoms with Crippen LogP contribution in [-0.4, -0.2) is 39.7 Å². The summed E-state index contributed by atoms with van der Waals surface area (Å²) in [6.45, 7) is 4.27. The molecule has 0 spiro atoms. The predicted molar refractivity (Wildman–Crippen MR) is 135 cm³/mol. The van der Waals surface area contributed by atoms with Crippen molar-refractivity contribution >= 4 is 72.9 Å². The van der Waals surface area contributed by atoms with Gasteiger partial charge in [0.05, 0.1) is 22.2 Å². The predicted octanol–water partition coefficient (Wildman–Crippen LogP) is 5.15. The number of nitrogens with one attached hydrogen (secondary N) is 1. The number of benzene rings is 2. The highest BCUT2D eigenvalue weighted by Crippen LogP contribution is 2.33. The molecule has 2 amide bonds. The second-order valence-electron chi connectivity index (χ2n) is 7.35. The highest BCUT2D eigenvalue weighted by atomic mass is 32.2. The van der Waals surface area contributed by atoms with Crippen molar-refractivity contribution in [1.82, 2.24) is 9.88 Å². The maximum atomic E-state index is 12.8. The molecule has 2 aromatic carbocycles. The van der Waals surface area contributed by atoms with Crippen molar-refractivity contribution in [2.45, 2.75) is 20.3 Å². The average Bonchev–Trinajstić information content (AvgIpc) is 3.27. The van der Waals surface area contributed by atoms with Crippen molar-refractivity contribution < 1.29 is 14.3 Å². The van der Waals surface area contributed by atoms with Crippen LogP contribution in [0.4, 0.5) is 5.13 Å². The number of carbonyl (C=O) groups excluding carboxylic acids is 2. The standard InChI is InChI=1S/C23H21N3O3S3/c1-13-10-14(2)20-17(11-13)31-22(25-20)24-19(27)8-9-26-21(28)18(32-23(26)30)12-15-4-6-16(29-3)7-5-15/h4-7,10-12H,8-9H2,1-3H3,(H,24,25,27)/b18-12+. The van der Waals surface area contributed by atoms with Gasteiger partial charge in [0, 0.05) is 13.0 Å². The molecule has 1 saturated heterocycles. The number of rotatable bonds is 6. The molecule has 0 aliphatic carbocycles. The lowest BCUT2D eigenvalue weighted by Gasteiger charge is -2.13. The lowest BCUT2D eigenvalue weighted by Crippen LogP contribution is -2.31. The normalized spacial score (nSPS) is 15.1. The fourth-order valence-corrected chi connectivity index (χ4v) is 5.73. The van der Waals surface area contributed by atoms with E-state index in [4.69, 9.17) is 17.0 Å². The molecular formula is C23H21N3O3S3. The summed E-state index contributed by atoms with van der Waals surface area (Å²) in [5, 5.41) is 3.41. The Morgan fingerprint density at radius 1 is 1.25 bits per heavy atom. The molecule has 4 rings (SSSR count). The fraction of sp³-hybridized carbons (Fsp3) is 0.217. The molecule has 32 heavy (non-hydrogen) atoms. The zero-order valence-electron chi connectivity index (χ0n) is 17.8. The molecular weight excluding hydrogens is 462 g/mol. The summed E-state index contributed by atoms with van der Waals surface area (Å²) in [6.07, 6.45) is 1.93. The minimum Gasteiger partial charge on any atom is -0.497 e. The smallest absolute Gasteiger partial charge is 0.266 e. The highest BCUT2D eigenvalue weighted by molar-refractivity contribution is 8.26. The summed E-state index contributed by atoms with van der Waals surface area (Å²) in [5.41, 5.74) is 4.02.